The van der Waals surface area contributed by atoms with Gasteiger partial charge in [0.25, 0.3) is 11.8 Å². The molecule has 7 rings (SSSR count). The lowest BCUT2D eigenvalue weighted by Gasteiger charge is -2.37. The fourth-order valence-corrected chi connectivity index (χ4v) is 6.72. The zero-order valence-electron chi connectivity index (χ0n) is 23.4. The first kappa shape index (κ1) is 25.9. The van der Waals surface area contributed by atoms with Crippen molar-refractivity contribution in [2.75, 3.05) is 24.6 Å². The molecule has 3 aliphatic heterocycles. The largest absolute Gasteiger partial charge is 0.492 e. The highest BCUT2D eigenvalue weighted by atomic mass is 16.5. The van der Waals surface area contributed by atoms with Crippen LogP contribution in [0.4, 0.5) is 5.69 Å². The summed E-state index contributed by atoms with van der Waals surface area (Å²) in [7, 11) is 0. The number of carbonyl (C=O) groups is 1. The number of hydrogen-bond acceptors (Lipinski definition) is 7. The number of carbonyl (C=O) groups excluding carboxylic acids is 1. The van der Waals surface area contributed by atoms with Crippen LogP contribution in [-0.2, 0) is 18.4 Å². The van der Waals surface area contributed by atoms with Crippen LogP contribution in [0.1, 0.15) is 59.1 Å². The molecule has 1 aromatic heterocycles. The van der Waals surface area contributed by atoms with Crippen molar-refractivity contribution in [3.05, 3.63) is 82.7 Å². The summed E-state index contributed by atoms with van der Waals surface area (Å²) in [5.74, 6) is 1.68. The Hall–Kier alpha value is -4.01. The van der Waals surface area contributed by atoms with Gasteiger partial charge in [0.1, 0.15) is 12.4 Å². The fraction of sp³-hybridized carbons (Fsp3) is 0.364. The molecule has 41 heavy (non-hydrogen) atoms. The Morgan fingerprint density at radius 2 is 1.88 bits per heavy atom. The predicted octanol–water partition coefficient (Wildman–Crippen LogP) is 5.20. The van der Waals surface area contributed by atoms with E-state index in [1.165, 1.54) is 11.1 Å². The number of aryl methyl sites for hydroxylation is 2. The number of rotatable bonds is 4. The number of piperidine rings is 1. The minimum atomic E-state index is -0.286. The molecule has 210 valence electrons. The van der Waals surface area contributed by atoms with E-state index < -0.39 is 0 Å². The van der Waals surface area contributed by atoms with Crippen molar-refractivity contribution in [2.24, 2.45) is 0 Å². The summed E-state index contributed by atoms with van der Waals surface area (Å²) >= 11 is 0. The van der Waals surface area contributed by atoms with Crippen LogP contribution in [0.5, 0.6) is 5.75 Å². The molecule has 3 aromatic carbocycles. The van der Waals surface area contributed by atoms with Gasteiger partial charge in [-0.1, -0.05) is 29.4 Å². The fourth-order valence-electron chi connectivity index (χ4n) is 6.72. The Labute approximate surface area is 239 Å². The number of nitrogens with zero attached hydrogens (tertiary/aromatic N) is 3. The number of aliphatic hydroxyl groups is 1. The molecule has 8 heteroatoms. The molecule has 1 fully saturated rings. The highest BCUT2D eigenvalue weighted by molar-refractivity contribution is 6.07. The molecule has 0 radical (unpaired) electrons. The number of nitrogens with one attached hydrogen (secondary N) is 1. The summed E-state index contributed by atoms with van der Waals surface area (Å²) < 4.78 is 11.2. The third-order valence-corrected chi connectivity index (χ3v) is 9.10. The standard InChI is InChI=1S/C33H34N4O4/c1-20-15-25(31-35-30(18-38)41-36-31)9-10-26(20)22-5-7-23(8-6-22)32(39)37-21(2)3-4-24-16-29-27(17-28(24)37)33(19-40-29)11-13-34-14-12-33/h5-10,15-17,21,34,38H,3-4,11-14,18-19H2,1-2H3. The van der Waals surface area contributed by atoms with Crippen molar-refractivity contribution in [3.63, 3.8) is 0 Å². The lowest BCUT2D eigenvalue weighted by atomic mass is 9.74. The van der Waals surface area contributed by atoms with Gasteiger partial charge in [0.2, 0.25) is 5.82 Å². The summed E-state index contributed by atoms with van der Waals surface area (Å²) in [6.07, 6.45) is 3.99. The van der Waals surface area contributed by atoms with Crippen LogP contribution in [0.2, 0.25) is 0 Å². The predicted molar refractivity (Wildman–Crippen MR) is 156 cm³/mol. The van der Waals surface area contributed by atoms with Gasteiger partial charge in [-0.3, -0.25) is 4.79 Å². The Kier molecular flexibility index (Phi) is 6.40. The average Bonchev–Trinajstić information content (AvgIpc) is 3.62. The van der Waals surface area contributed by atoms with Crippen LogP contribution in [0.3, 0.4) is 0 Å². The van der Waals surface area contributed by atoms with Crippen molar-refractivity contribution in [2.45, 2.75) is 57.6 Å². The molecular weight excluding hydrogens is 516 g/mol. The number of ether oxygens (including phenoxy) is 1. The van der Waals surface area contributed by atoms with Gasteiger partial charge in [-0.2, -0.15) is 4.98 Å². The van der Waals surface area contributed by atoms with E-state index >= 15 is 0 Å². The first-order valence-electron chi connectivity index (χ1n) is 14.5. The monoisotopic (exact) mass is 550 g/mol. The van der Waals surface area contributed by atoms with Gasteiger partial charge < -0.3 is 24.6 Å². The Morgan fingerprint density at radius 3 is 2.61 bits per heavy atom. The Balaban J connectivity index is 1.17. The van der Waals surface area contributed by atoms with Gasteiger partial charge in [-0.25, -0.2) is 0 Å². The molecule has 1 atom stereocenters. The molecule has 1 saturated heterocycles. The third kappa shape index (κ3) is 4.42. The second kappa shape index (κ2) is 10.1. The Bertz CT molecular complexity index is 1620. The normalized spacial score (nSPS) is 19.1. The van der Waals surface area contributed by atoms with Crippen molar-refractivity contribution in [3.8, 4) is 28.3 Å². The molecule has 0 aliphatic carbocycles. The van der Waals surface area contributed by atoms with Gasteiger partial charge in [0.15, 0.2) is 0 Å². The summed E-state index contributed by atoms with van der Waals surface area (Å²) in [6, 6.07) is 18.5. The molecule has 4 heterocycles. The number of anilines is 1. The van der Waals surface area contributed by atoms with E-state index in [4.69, 9.17) is 9.26 Å². The maximum Gasteiger partial charge on any atom is 0.258 e. The molecule has 1 unspecified atom stereocenters. The lowest BCUT2D eigenvalue weighted by molar-refractivity contribution is 0.0975. The second-order valence-electron chi connectivity index (χ2n) is 11.6. The van der Waals surface area contributed by atoms with E-state index in [0.29, 0.717) is 11.4 Å². The molecule has 8 nitrogen and oxygen atoms in total. The zero-order chi connectivity index (χ0) is 28.1. The molecule has 4 aromatic rings. The van der Waals surface area contributed by atoms with E-state index in [9.17, 15) is 9.90 Å². The van der Waals surface area contributed by atoms with Gasteiger partial charge in [-0.05, 0) is 105 Å². The molecule has 0 saturated carbocycles. The molecule has 1 amide bonds. The molecular formula is C33H34N4O4. The zero-order valence-corrected chi connectivity index (χ0v) is 23.4. The first-order valence-corrected chi connectivity index (χ1v) is 14.5. The summed E-state index contributed by atoms with van der Waals surface area (Å²) in [5, 5.41) is 16.6. The van der Waals surface area contributed by atoms with Gasteiger partial charge in [0.05, 0.1) is 6.61 Å². The number of aromatic nitrogens is 2. The Morgan fingerprint density at radius 1 is 1.10 bits per heavy atom. The molecule has 1 spiro atoms. The molecule has 3 aliphatic rings. The number of fused-ring (bicyclic) bond motifs is 3. The summed E-state index contributed by atoms with van der Waals surface area (Å²) in [5.41, 5.74) is 8.21. The second-order valence-corrected chi connectivity index (χ2v) is 11.6. The summed E-state index contributed by atoms with van der Waals surface area (Å²) in [4.78, 5) is 20.2. The minimum absolute atomic E-state index is 0.0343. The van der Waals surface area contributed by atoms with Gasteiger partial charge in [-0.15, -0.1) is 0 Å². The van der Waals surface area contributed by atoms with E-state index in [-0.39, 0.29) is 29.9 Å². The third-order valence-electron chi connectivity index (χ3n) is 9.10. The lowest BCUT2D eigenvalue weighted by Crippen LogP contribution is -2.43. The first-order chi connectivity index (χ1) is 20.0. The molecule has 2 N–H and O–H groups in total. The number of amides is 1. The smallest absolute Gasteiger partial charge is 0.258 e. The van der Waals surface area contributed by atoms with Crippen LogP contribution in [0.25, 0.3) is 22.5 Å². The van der Waals surface area contributed by atoms with Crippen LogP contribution >= 0.6 is 0 Å². The van der Waals surface area contributed by atoms with E-state index in [2.05, 4.69) is 34.5 Å². The topological polar surface area (TPSA) is 101 Å². The highest BCUT2D eigenvalue weighted by Crippen LogP contribution is 2.48. The average molecular weight is 551 g/mol. The van der Waals surface area contributed by atoms with Crippen molar-refractivity contribution < 1.29 is 19.2 Å². The van der Waals surface area contributed by atoms with Crippen LogP contribution in [0.15, 0.2) is 59.1 Å². The maximum atomic E-state index is 14.0. The highest BCUT2D eigenvalue weighted by Gasteiger charge is 2.43. The van der Waals surface area contributed by atoms with Crippen LogP contribution in [0, 0.1) is 6.92 Å². The van der Waals surface area contributed by atoms with Crippen LogP contribution < -0.4 is 15.0 Å². The SMILES string of the molecule is Cc1cc(-c2noc(CO)n2)ccc1-c1ccc(C(=O)N2c3cc4c(cc3CCC2C)OCC42CCNCC2)cc1. The number of benzene rings is 3. The van der Waals surface area contributed by atoms with Crippen molar-refractivity contribution in [1.29, 1.82) is 0 Å². The number of aliphatic hydroxyl groups excluding tert-OH is 1. The van der Waals surface area contributed by atoms with Gasteiger partial charge in [0, 0.05) is 33.8 Å². The maximum absolute atomic E-state index is 14.0. The van der Waals surface area contributed by atoms with E-state index in [0.717, 1.165) is 79.1 Å². The van der Waals surface area contributed by atoms with Gasteiger partial charge >= 0.3 is 0 Å². The minimum Gasteiger partial charge on any atom is -0.492 e. The van der Waals surface area contributed by atoms with Crippen molar-refractivity contribution in [1.82, 2.24) is 15.5 Å². The van der Waals surface area contributed by atoms with E-state index in [1.807, 2.05) is 54.3 Å². The molecule has 0 bridgehead atoms. The van der Waals surface area contributed by atoms with Crippen LogP contribution in [-0.4, -0.2) is 46.9 Å². The number of hydrogen-bond donors (Lipinski definition) is 2. The summed E-state index contributed by atoms with van der Waals surface area (Å²) in [6.45, 7) is 6.62. The van der Waals surface area contributed by atoms with Crippen molar-refractivity contribution >= 4 is 11.6 Å². The quantitative estimate of drug-likeness (QED) is 0.360. The van der Waals surface area contributed by atoms with E-state index in [1.54, 1.807) is 0 Å².